The SMILES string of the molecule is CCC1CCC(C)N1c1cc(C)cc(N)c1. The fourth-order valence-electron chi connectivity index (χ4n) is 2.88. The number of aryl methyl sites for hydroxylation is 1. The second-order valence-corrected chi connectivity index (χ2v) is 5.00. The van der Waals surface area contributed by atoms with Crippen molar-refractivity contribution in [3.05, 3.63) is 23.8 Å². The van der Waals surface area contributed by atoms with Gasteiger partial charge < -0.3 is 10.6 Å². The average Bonchev–Trinajstić information content (AvgIpc) is 2.58. The molecule has 1 aliphatic rings. The molecule has 1 aliphatic heterocycles. The Kier molecular flexibility index (Phi) is 3.08. The highest BCUT2D eigenvalue weighted by Crippen LogP contribution is 2.33. The number of nitrogens with two attached hydrogens (primary N) is 1. The molecule has 1 saturated heterocycles. The Hall–Kier alpha value is -1.18. The third-order valence-corrected chi connectivity index (χ3v) is 3.64. The minimum Gasteiger partial charge on any atom is -0.399 e. The highest BCUT2D eigenvalue weighted by atomic mass is 15.2. The van der Waals surface area contributed by atoms with Crippen LogP contribution in [0.25, 0.3) is 0 Å². The van der Waals surface area contributed by atoms with Gasteiger partial charge in [-0.3, -0.25) is 0 Å². The molecule has 2 rings (SSSR count). The van der Waals surface area contributed by atoms with Crippen molar-refractivity contribution in [3.63, 3.8) is 0 Å². The summed E-state index contributed by atoms with van der Waals surface area (Å²) in [6, 6.07) is 7.73. The van der Waals surface area contributed by atoms with Gasteiger partial charge in [-0.25, -0.2) is 0 Å². The molecule has 2 nitrogen and oxygen atoms in total. The van der Waals surface area contributed by atoms with Gasteiger partial charge in [-0.05, 0) is 56.9 Å². The maximum atomic E-state index is 5.93. The van der Waals surface area contributed by atoms with Crippen molar-refractivity contribution in [2.45, 2.75) is 52.1 Å². The molecule has 0 aliphatic carbocycles. The average molecular weight is 218 g/mol. The van der Waals surface area contributed by atoms with Crippen LogP contribution in [0.5, 0.6) is 0 Å². The molecule has 2 heteroatoms. The van der Waals surface area contributed by atoms with E-state index in [1.807, 2.05) is 6.07 Å². The van der Waals surface area contributed by atoms with Crippen molar-refractivity contribution in [1.29, 1.82) is 0 Å². The van der Waals surface area contributed by atoms with E-state index in [0.717, 1.165) is 5.69 Å². The van der Waals surface area contributed by atoms with E-state index in [9.17, 15) is 0 Å². The first-order chi connectivity index (χ1) is 7.61. The van der Waals surface area contributed by atoms with Gasteiger partial charge in [-0.1, -0.05) is 6.92 Å². The lowest BCUT2D eigenvalue weighted by Gasteiger charge is -2.30. The summed E-state index contributed by atoms with van der Waals surface area (Å²) in [6.07, 6.45) is 3.83. The fourth-order valence-corrected chi connectivity index (χ4v) is 2.88. The third kappa shape index (κ3) is 2.01. The molecule has 1 heterocycles. The predicted molar refractivity (Wildman–Crippen MR) is 70.8 cm³/mol. The summed E-state index contributed by atoms with van der Waals surface area (Å²) in [7, 11) is 0. The molecule has 1 aromatic carbocycles. The van der Waals surface area contributed by atoms with E-state index in [2.05, 4.69) is 37.8 Å². The van der Waals surface area contributed by atoms with Gasteiger partial charge in [0.2, 0.25) is 0 Å². The molecule has 0 saturated carbocycles. The van der Waals surface area contributed by atoms with E-state index in [1.54, 1.807) is 0 Å². The topological polar surface area (TPSA) is 29.3 Å². The Morgan fingerprint density at radius 3 is 2.69 bits per heavy atom. The first-order valence-corrected chi connectivity index (χ1v) is 6.27. The van der Waals surface area contributed by atoms with Crippen molar-refractivity contribution < 1.29 is 0 Å². The van der Waals surface area contributed by atoms with Gasteiger partial charge in [-0.15, -0.1) is 0 Å². The lowest BCUT2D eigenvalue weighted by molar-refractivity contribution is 0.628. The second kappa shape index (κ2) is 4.36. The minimum atomic E-state index is 0.645. The highest BCUT2D eigenvalue weighted by molar-refractivity contribution is 5.59. The van der Waals surface area contributed by atoms with Crippen LogP contribution in [-0.4, -0.2) is 12.1 Å². The lowest BCUT2D eigenvalue weighted by atomic mass is 10.1. The molecule has 0 bridgehead atoms. The van der Waals surface area contributed by atoms with E-state index in [-0.39, 0.29) is 0 Å². The minimum absolute atomic E-state index is 0.645. The first-order valence-electron chi connectivity index (χ1n) is 6.27. The van der Waals surface area contributed by atoms with Gasteiger partial charge in [0, 0.05) is 23.5 Å². The van der Waals surface area contributed by atoms with Crippen molar-refractivity contribution in [2.75, 3.05) is 10.6 Å². The standard InChI is InChI=1S/C14H22N2/c1-4-13-6-5-11(3)16(13)14-8-10(2)7-12(15)9-14/h7-9,11,13H,4-6,15H2,1-3H3. The molecule has 2 N–H and O–H groups in total. The van der Waals surface area contributed by atoms with Gasteiger partial charge in [0.1, 0.15) is 0 Å². The van der Waals surface area contributed by atoms with E-state index >= 15 is 0 Å². The van der Waals surface area contributed by atoms with E-state index in [1.165, 1.54) is 30.5 Å². The maximum absolute atomic E-state index is 5.93. The maximum Gasteiger partial charge on any atom is 0.0394 e. The third-order valence-electron chi connectivity index (χ3n) is 3.64. The number of rotatable bonds is 2. The Labute approximate surface area is 98.4 Å². The van der Waals surface area contributed by atoms with Gasteiger partial charge in [0.05, 0.1) is 0 Å². The summed E-state index contributed by atoms with van der Waals surface area (Å²) in [4.78, 5) is 2.54. The highest BCUT2D eigenvalue weighted by Gasteiger charge is 2.29. The fraction of sp³-hybridized carbons (Fsp3) is 0.571. The van der Waals surface area contributed by atoms with Crippen LogP contribution in [0, 0.1) is 6.92 Å². The van der Waals surface area contributed by atoms with Crippen LogP contribution < -0.4 is 10.6 Å². The van der Waals surface area contributed by atoms with Crippen LogP contribution in [0.4, 0.5) is 11.4 Å². The molecule has 1 aromatic rings. The molecule has 88 valence electrons. The molecule has 1 fully saturated rings. The number of nitrogen functional groups attached to an aromatic ring is 1. The molecule has 0 aromatic heterocycles. The zero-order chi connectivity index (χ0) is 11.7. The molecule has 0 spiro atoms. The van der Waals surface area contributed by atoms with Crippen LogP contribution in [0.1, 0.15) is 38.7 Å². The summed E-state index contributed by atoms with van der Waals surface area (Å²) < 4.78 is 0. The molecular weight excluding hydrogens is 196 g/mol. The van der Waals surface area contributed by atoms with Crippen LogP contribution in [0.3, 0.4) is 0 Å². The molecule has 0 amide bonds. The zero-order valence-corrected chi connectivity index (χ0v) is 10.5. The van der Waals surface area contributed by atoms with Crippen molar-refractivity contribution in [3.8, 4) is 0 Å². The van der Waals surface area contributed by atoms with Gasteiger partial charge in [0.15, 0.2) is 0 Å². The number of benzene rings is 1. The van der Waals surface area contributed by atoms with Gasteiger partial charge in [-0.2, -0.15) is 0 Å². The summed E-state index contributed by atoms with van der Waals surface area (Å²) >= 11 is 0. The Balaban J connectivity index is 2.34. The molecule has 16 heavy (non-hydrogen) atoms. The smallest absolute Gasteiger partial charge is 0.0394 e. The molecule has 2 unspecified atom stereocenters. The number of hydrogen-bond donors (Lipinski definition) is 1. The Morgan fingerprint density at radius 1 is 1.31 bits per heavy atom. The quantitative estimate of drug-likeness (QED) is 0.771. The Morgan fingerprint density at radius 2 is 2.06 bits per heavy atom. The largest absolute Gasteiger partial charge is 0.399 e. The van der Waals surface area contributed by atoms with Crippen LogP contribution in [0.15, 0.2) is 18.2 Å². The summed E-state index contributed by atoms with van der Waals surface area (Å²) in [5.74, 6) is 0. The normalized spacial score (nSPS) is 25.1. The Bertz CT molecular complexity index is 353. The molecule has 2 atom stereocenters. The van der Waals surface area contributed by atoms with E-state index in [0.29, 0.717) is 12.1 Å². The number of anilines is 2. The summed E-state index contributed by atoms with van der Waals surface area (Å²) in [5.41, 5.74) is 9.37. The van der Waals surface area contributed by atoms with Crippen molar-refractivity contribution in [1.82, 2.24) is 0 Å². The number of hydrogen-bond acceptors (Lipinski definition) is 2. The van der Waals surface area contributed by atoms with Gasteiger partial charge in [0.25, 0.3) is 0 Å². The van der Waals surface area contributed by atoms with E-state index in [4.69, 9.17) is 5.73 Å². The first kappa shape index (κ1) is 11.3. The lowest BCUT2D eigenvalue weighted by Crippen LogP contribution is -2.34. The second-order valence-electron chi connectivity index (χ2n) is 5.00. The summed E-state index contributed by atoms with van der Waals surface area (Å²) in [6.45, 7) is 6.70. The van der Waals surface area contributed by atoms with Crippen molar-refractivity contribution in [2.24, 2.45) is 0 Å². The van der Waals surface area contributed by atoms with E-state index < -0.39 is 0 Å². The predicted octanol–water partition coefficient (Wildman–Crippen LogP) is 3.34. The summed E-state index contributed by atoms with van der Waals surface area (Å²) in [5, 5.41) is 0. The zero-order valence-electron chi connectivity index (χ0n) is 10.5. The van der Waals surface area contributed by atoms with Crippen molar-refractivity contribution >= 4 is 11.4 Å². The number of nitrogens with zero attached hydrogens (tertiary/aromatic N) is 1. The molecule has 0 radical (unpaired) electrons. The monoisotopic (exact) mass is 218 g/mol. The van der Waals surface area contributed by atoms with Crippen LogP contribution >= 0.6 is 0 Å². The molecular formula is C14H22N2. The van der Waals surface area contributed by atoms with Crippen LogP contribution in [0.2, 0.25) is 0 Å². The van der Waals surface area contributed by atoms with Crippen LogP contribution in [-0.2, 0) is 0 Å². The van der Waals surface area contributed by atoms with Gasteiger partial charge >= 0.3 is 0 Å².